The van der Waals surface area contributed by atoms with Crippen molar-refractivity contribution < 1.29 is 52.4 Å². The van der Waals surface area contributed by atoms with Gasteiger partial charge in [0.1, 0.15) is 28.7 Å². The average Bonchev–Trinajstić information content (AvgIpc) is 3.79. The number of thiophene rings is 1. The number of rotatable bonds is 19. The summed E-state index contributed by atoms with van der Waals surface area (Å²) < 4.78 is 35.1. The van der Waals surface area contributed by atoms with Crippen LogP contribution in [0.1, 0.15) is 138 Å². The van der Waals surface area contributed by atoms with Crippen LogP contribution in [0.5, 0.6) is 28.7 Å². The van der Waals surface area contributed by atoms with Crippen molar-refractivity contribution in [3.05, 3.63) is 104 Å². The van der Waals surface area contributed by atoms with Gasteiger partial charge >= 0.3 is 23.9 Å². The molecule has 2 fully saturated rings. The predicted molar refractivity (Wildman–Crippen MR) is 264 cm³/mol. The number of esters is 4. The Morgan fingerprint density at radius 3 is 1.62 bits per heavy atom. The van der Waals surface area contributed by atoms with E-state index in [2.05, 4.69) is 41.5 Å². The monoisotopic (exact) mass is 968 g/mol. The molecule has 0 atom stereocenters. The van der Waals surface area contributed by atoms with Gasteiger partial charge < -0.3 is 28.4 Å². The van der Waals surface area contributed by atoms with Crippen LogP contribution >= 0.6 is 22.9 Å². The minimum Gasteiger partial charge on any atom is -0.497 e. The number of allylic oxidation sites excluding steroid dienone is 1. The highest BCUT2D eigenvalue weighted by atomic mass is 35.5. The molecule has 0 amide bonds. The molecule has 6 rings (SSSR count). The van der Waals surface area contributed by atoms with Crippen LogP contribution in [-0.2, 0) is 41.2 Å². The zero-order valence-corrected chi connectivity index (χ0v) is 42.1. The molecule has 2 aliphatic rings. The number of hydrogen-bond donors (Lipinski definition) is 0. The first-order chi connectivity index (χ1) is 32.4. The maximum atomic E-state index is 13.6. The van der Waals surface area contributed by atoms with E-state index in [0.29, 0.717) is 95.6 Å². The van der Waals surface area contributed by atoms with E-state index in [-0.39, 0.29) is 58.9 Å². The summed E-state index contributed by atoms with van der Waals surface area (Å²) in [4.78, 5) is 66.3. The van der Waals surface area contributed by atoms with Crippen molar-refractivity contribution in [1.29, 1.82) is 0 Å². The highest BCUT2D eigenvalue weighted by Crippen LogP contribution is 2.44. The number of ketones is 1. The van der Waals surface area contributed by atoms with Crippen molar-refractivity contribution >= 4 is 58.7 Å². The molecule has 11 nitrogen and oxygen atoms in total. The number of halogens is 1. The fourth-order valence-corrected chi connectivity index (χ4v) is 9.61. The zero-order valence-electron chi connectivity index (χ0n) is 40.6. The maximum Gasteiger partial charge on any atom is 0.314 e. The van der Waals surface area contributed by atoms with Crippen molar-refractivity contribution in [2.75, 3.05) is 20.8 Å². The summed E-state index contributed by atoms with van der Waals surface area (Å²) in [7, 11) is 3.21. The van der Waals surface area contributed by atoms with E-state index in [4.69, 9.17) is 40.0 Å². The summed E-state index contributed by atoms with van der Waals surface area (Å²) in [5.41, 5.74) is 2.96. The van der Waals surface area contributed by atoms with Crippen LogP contribution < -0.4 is 23.7 Å². The number of carbonyl (C=O) groups excluding carboxylic acids is 5. The molecule has 2 saturated carbocycles. The van der Waals surface area contributed by atoms with Crippen molar-refractivity contribution in [2.24, 2.45) is 23.7 Å². The van der Waals surface area contributed by atoms with Gasteiger partial charge in [-0.05, 0) is 147 Å². The Kier molecular flexibility index (Phi) is 17.7. The first-order valence-electron chi connectivity index (χ1n) is 23.7. The average molecular weight is 970 g/mol. The third-order valence-corrected chi connectivity index (χ3v) is 15.2. The van der Waals surface area contributed by atoms with Gasteiger partial charge in [-0.25, -0.2) is 0 Å². The van der Waals surface area contributed by atoms with Gasteiger partial charge in [-0.3, -0.25) is 24.0 Å². The first kappa shape index (κ1) is 51.9. The van der Waals surface area contributed by atoms with E-state index < -0.39 is 11.9 Å². The molecule has 68 heavy (non-hydrogen) atoms. The molecule has 13 heteroatoms. The Hall–Kier alpha value is -5.46. The number of methoxy groups -OCH3 is 2. The van der Waals surface area contributed by atoms with Crippen molar-refractivity contribution in [3.8, 4) is 28.7 Å². The molecule has 1 aromatic heterocycles. The lowest BCUT2D eigenvalue weighted by Crippen LogP contribution is -2.30. The van der Waals surface area contributed by atoms with Crippen LogP contribution in [0.2, 0.25) is 4.34 Å². The summed E-state index contributed by atoms with van der Waals surface area (Å²) in [5.74, 6) is -0.217. The van der Waals surface area contributed by atoms with Crippen LogP contribution in [-0.4, -0.2) is 50.5 Å². The summed E-state index contributed by atoms with van der Waals surface area (Å²) in [6.45, 7) is 13.1. The van der Waals surface area contributed by atoms with E-state index in [1.54, 1.807) is 55.7 Å². The van der Waals surface area contributed by atoms with Gasteiger partial charge in [0, 0.05) is 23.1 Å². The third kappa shape index (κ3) is 13.2. The van der Waals surface area contributed by atoms with Crippen LogP contribution in [0, 0.1) is 23.7 Å². The van der Waals surface area contributed by atoms with Gasteiger partial charge in [0.05, 0.1) is 53.7 Å². The Labute approximate surface area is 409 Å². The SMILES string of the molecule is CCC(C)(C)c1cc(OC(=O)C2CCC(C(=O)OCCc3ccc(OC(=O)C4CCC(C(=O)Oc5ccc(OC)cc5/C=C/C(=O)c5ccc(Cl)s5)CC4)cc3)CC2)c(C(C)(C)CC)cc1OC. The smallest absolute Gasteiger partial charge is 0.314 e. The molecule has 1 heterocycles. The molecule has 2 aliphatic carbocycles. The molecule has 3 aromatic carbocycles. The molecule has 0 aliphatic heterocycles. The lowest BCUT2D eigenvalue weighted by atomic mass is 9.77. The molecule has 0 bridgehead atoms. The summed E-state index contributed by atoms with van der Waals surface area (Å²) in [5, 5.41) is 0. The van der Waals surface area contributed by atoms with E-state index in [0.717, 1.165) is 35.3 Å². The first-order valence-corrected chi connectivity index (χ1v) is 24.9. The quantitative estimate of drug-likeness (QED) is 0.0384. The summed E-state index contributed by atoms with van der Waals surface area (Å²) >= 11 is 7.17. The van der Waals surface area contributed by atoms with Crippen LogP contribution in [0.25, 0.3) is 6.08 Å². The van der Waals surface area contributed by atoms with Crippen LogP contribution in [0.15, 0.2) is 72.8 Å². The largest absolute Gasteiger partial charge is 0.497 e. The molecule has 0 spiro atoms. The molecule has 0 N–H and O–H groups in total. The highest BCUT2D eigenvalue weighted by Gasteiger charge is 2.36. The normalized spacial score (nSPS) is 18.7. The Balaban J connectivity index is 0.920. The molecule has 0 saturated heterocycles. The van der Waals surface area contributed by atoms with Gasteiger partial charge in [-0.2, -0.15) is 0 Å². The Morgan fingerprint density at radius 2 is 1.10 bits per heavy atom. The van der Waals surface area contributed by atoms with Crippen LogP contribution in [0.3, 0.4) is 0 Å². The van der Waals surface area contributed by atoms with Gasteiger partial charge in [-0.1, -0.05) is 65.3 Å². The fourth-order valence-electron chi connectivity index (χ4n) is 8.65. The van der Waals surface area contributed by atoms with E-state index in [1.165, 1.54) is 24.5 Å². The number of carbonyl (C=O) groups is 5. The maximum absolute atomic E-state index is 13.6. The number of hydrogen-bond acceptors (Lipinski definition) is 12. The molecule has 0 unspecified atom stereocenters. The fraction of sp³-hybridized carbons (Fsp3) is 0.473. The van der Waals surface area contributed by atoms with E-state index in [9.17, 15) is 24.0 Å². The lowest BCUT2D eigenvalue weighted by Gasteiger charge is -2.32. The summed E-state index contributed by atoms with van der Waals surface area (Å²) in [6.07, 6.45) is 9.29. The lowest BCUT2D eigenvalue weighted by molar-refractivity contribution is -0.152. The van der Waals surface area contributed by atoms with Crippen molar-refractivity contribution in [1.82, 2.24) is 0 Å². The molecular formula is C55H65ClO11S. The van der Waals surface area contributed by atoms with Crippen molar-refractivity contribution in [3.63, 3.8) is 0 Å². The number of ether oxygens (including phenoxy) is 6. The number of benzene rings is 3. The second-order valence-electron chi connectivity index (χ2n) is 19.2. The van der Waals surface area contributed by atoms with E-state index >= 15 is 0 Å². The van der Waals surface area contributed by atoms with Crippen molar-refractivity contribution in [2.45, 2.75) is 123 Å². The molecule has 4 aromatic rings. The minimum absolute atomic E-state index is 0.179. The second-order valence-corrected chi connectivity index (χ2v) is 20.9. The van der Waals surface area contributed by atoms with Crippen LogP contribution in [0.4, 0.5) is 0 Å². The van der Waals surface area contributed by atoms with Gasteiger partial charge in [0.2, 0.25) is 0 Å². The van der Waals surface area contributed by atoms with Gasteiger partial charge in [-0.15, -0.1) is 11.3 Å². The third-order valence-electron chi connectivity index (χ3n) is 14.0. The van der Waals surface area contributed by atoms with E-state index in [1.807, 2.05) is 24.3 Å². The summed E-state index contributed by atoms with van der Waals surface area (Å²) in [6, 6.07) is 19.5. The molecule has 0 radical (unpaired) electrons. The predicted octanol–water partition coefficient (Wildman–Crippen LogP) is 12.5. The Morgan fingerprint density at radius 1 is 0.603 bits per heavy atom. The van der Waals surface area contributed by atoms with Gasteiger partial charge in [0.25, 0.3) is 0 Å². The zero-order chi connectivity index (χ0) is 49.2. The Bertz CT molecular complexity index is 2450. The standard InChI is InChI=1S/C55H65ClO11S/c1-9-54(3,4)42-33-47(43(32-46(42)63-8)55(5,6)10-2)67-53(61)38-15-13-35(14-16-38)50(58)64-30-29-34-11-22-40(23-12-34)65-51(59)36-17-19-37(20-18-36)52(60)66-45-26-24-41(62-7)31-39(45)21-25-44(57)48-27-28-49(56)68-48/h11-12,21-28,31-33,35-38H,9-10,13-20,29-30H2,1-8H3/b25-21+. The topological polar surface area (TPSA) is 141 Å². The molecular weight excluding hydrogens is 904 g/mol. The van der Waals surface area contributed by atoms with Gasteiger partial charge in [0.15, 0.2) is 5.78 Å². The second kappa shape index (κ2) is 23.2. The minimum atomic E-state index is -0.403. The highest BCUT2D eigenvalue weighted by molar-refractivity contribution is 7.18. The molecule has 364 valence electrons.